The van der Waals surface area contributed by atoms with Gasteiger partial charge in [-0.15, -0.1) is 0 Å². The van der Waals surface area contributed by atoms with Crippen molar-refractivity contribution in [3.63, 3.8) is 0 Å². The lowest BCUT2D eigenvalue weighted by molar-refractivity contribution is 1.24. The third-order valence-corrected chi connectivity index (χ3v) is 2.89. The van der Waals surface area contributed by atoms with E-state index < -0.39 is 0 Å². The summed E-state index contributed by atoms with van der Waals surface area (Å²) < 4.78 is 0. The molecule has 2 aromatic carbocycles. The van der Waals surface area contributed by atoms with Crippen LogP contribution in [-0.2, 0) is 0 Å². The molecule has 2 rings (SSSR count). The van der Waals surface area contributed by atoms with Crippen molar-refractivity contribution in [3.8, 4) is 0 Å². The van der Waals surface area contributed by atoms with Crippen LogP contribution in [0.1, 0.15) is 24.5 Å². The van der Waals surface area contributed by atoms with Crippen LogP contribution in [0.15, 0.2) is 60.7 Å². The largest absolute Gasteiger partial charge is 0.115 e. The highest BCUT2D eigenvalue weighted by Gasteiger charge is 2.04. The summed E-state index contributed by atoms with van der Waals surface area (Å²) in [6.45, 7) is 2.14. The molecule has 0 fully saturated rings. The van der Waals surface area contributed by atoms with Crippen LogP contribution in [0.25, 0.3) is 11.0 Å². The van der Waals surface area contributed by atoms with E-state index in [0.29, 0.717) is 0 Å². The molecule has 82 valence electrons. The van der Waals surface area contributed by atoms with Gasteiger partial charge < -0.3 is 0 Å². The zero-order valence-electron chi connectivity index (χ0n) is 10.1. The Morgan fingerprint density at radius 3 is 1.76 bits per heavy atom. The van der Waals surface area contributed by atoms with Crippen LogP contribution in [0.2, 0.25) is 0 Å². The van der Waals surface area contributed by atoms with Crippen LogP contribution < -0.4 is 0 Å². The summed E-state index contributed by atoms with van der Waals surface area (Å²) in [7, 11) is 6.26. The summed E-state index contributed by atoms with van der Waals surface area (Å²) in [5.74, 6) is 0. The lowest BCUT2D eigenvalue weighted by Gasteiger charge is -2.11. The fraction of sp³-hybridized carbons (Fsp3) is 0.125. The van der Waals surface area contributed by atoms with E-state index in [-0.39, 0.29) is 0 Å². The molecule has 0 atom stereocenters. The summed E-state index contributed by atoms with van der Waals surface area (Å²) in [5.41, 5.74) is 4.38. The van der Waals surface area contributed by atoms with Gasteiger partial charge in [0.05, 0.1) is 0 Å². The van der Waals surface area contributed by atoms with Gasteiger partial charge in [0, 0.05) is 0 Å². The van der Waals surface area contributed by atoms with Crippen molar-refractivity contribution >= 4 is 18.9 Å². The van der Waals surface area contributed by atoms with E-state index in [2.05, 4.69) is 19.1 Å². The highest BCUT2D eigenvalue weighted by Crippen LogP contribution is 2.26. The minimum atomic E-state index is 0.874. The Hall–Kier alpha value is -1.76. The highest BCUT2D eigenvalue weighted by atomic mass is 14.1. The first-order chi connectivity index (χ1) is 8.33. The summed E-state index contributed by atoms with van der Waals surface area (Å²) >= 11 is 0. The van der Waals surface area contributed by atoms with Gasteiger partial charge in [0.1, 0.15) is 7.85 Å². The molecule has 2 aromatic rings. The Morgan fingerprint density at radius 2 is 1.29 bits per heavy atom. The van der Waals surface area contributed by atoms with Gasteiger partial charge in [0.2, 0.25) is 0 Å². The monoisotopic (exact) mass is 218 g/mol. The summed E-state index contributed by atoms with van der Waals surface area (Å²) in [4.78, 5) is 0. The summed E-state index contributed by atoms with van der Waals surface area (Å²) in [6.07, 6.45) is 0.935. The van der Waals surface area contributed by atoms with Crippen molar-refractivity contribution in [2.75, 3.05) is 0 Å². The maximum absolute atomic E-state index is 6.26. The maximum Gasteiger partial charge on any atom is 0.115 e. The molecule has 0 bridgehead atoms. The molecule has 0 saturated carbocycles. The Bertz CT molecular complexity index is 498. The van der Waals surface area contributed by atoms with Gasteiger partial charge in [-0.1, -0.05) is 73.1 Å². The first-order valence-corrected chi connectivity index (χ1v) is 5.92. The van der Waals surface area contributed by atoms with Gasteiger partial charge in [-0.2, -0.15) is 0 Å². The molecule has 0 aliphatic rings. The molecular weight excluding hydrogens is 203 g/mol. The van der Waals surface area contributed by atoms with Gasteiger partial charge in [0.15, 0.2) is 0 Å². The zero-order valence-corrected chi connectivity index (χ0v) is 10.1. The van der Waals surface area contributed by atoms with Crippen LogP contribution in [0, 0.1) is 0 Å². The van der Waals surface area contributed by atoms with E-state index in [1.165, 1.54) is 11.1 Å². The molecule has 2 radical (unpaired) electrons. The normalized spacial score (nSPS) is 12.1. The van der Waals surface area contributed by atoms with Crippen LogP contribution in [0.3, 0.4) is 0 Å². The summed E-state index contributed by atoms with van der Waals surface area (Å²) in [5, 5.41) is 0. The Morgan fingerprint density at radius 1 is 0.824 bits per heavy atom. The Labute approximate surface area is 104 Å². The molecule has 0 nitrogen and oxygen atoms in total. The first-order valence-electron chi connectivity index (χ1n) is 5.92. The van der Waals surface area contributed by atoms with Gasteiger partial charge in [-0.05, 0) is 23.1 Å². The maximum atomic E-state index is 6.26. The van der Waals surface area contributed by atoms with Gasteiger partial charge in [0.25, 0.3) is 0 Å². The Balaban J connectivity index is 2.48. The van der Waals surface area contributed by atoms with E-state index >= 15 is 0 Å². The van der Waals surface area contributed by atoms with Crippen LogP contribution in [0.4, 0.5) is 0 Å². The lowest BCUT2D eigenvalue weighted by atomic mass is 9.81. The van der Waals surface area contributed by atoms with Gasteiger partial charge in [-0.25, -0.2) is 0 Å². The molecule has 0 saturated heterocycles. The second-order valence-corrected chi connectivity index (χ2v) is 3.98. The molecule has 0 aromatic heterocycles. The molecule has 0 heterocycles. The van der Waals surface area contributed by atoms with Crippen molar-refractivity contribution in [2.24, 2.45) is 0 Å². The van der Waals surface area contributed by atoms with Crippen LogP contribution in [0.5, 0.6) is 0 Å². The smallest absolute Gasteiger partial charge is 0.0859 e. The molecule has 0 amide bonds. The fourth-order valence-electron chi connectivity index (χ4n) is 1.98. The number of allylic oxidation sites excluding steroid dienone is 1. The molecular formula is C16H15B. The van der Waals surface area contributed by atoms with Crippen LogP contribution >= 0.6 is 0 Å². The zero-order chi connectivity index (χ0) is 12.1. The molecule has 0 spiro atoms. The fourth-order valence-corrected chi connectivity index (χ4v) is 1.98. The number of benzene rings is 2. The Kier molecular flexibility index (Phi) is 3.82. The second kappa shape index (κ2) is 5.54. The standard InChI is InChI=1S/C16H15B/c1-2-15(13-9-5-3-6-10-13)16(17)14-11-7-4-8-12-14/h3-12H,2H2,1H3/b16-15-. The number of hydrogen-bond acceptors (Lipinski definition) is 0. The van der Waals surface area contributed by atoms with Crippen molar-refractivity contribution in [1.82, 2.24) is 0 Å². The third-order valence-electron chi connectivity index (χ3n) is 2.89. The lowest BCUT2D eigenvalue weighted by Crippen LogP contribution is -1.91. The minimum Gasteiger partial charge on any atom is -0.0859 e. The molecule has 1 heteroatoms. The quantitative estimate of drug-likeness (QED) is 0.536. The third kappa shape index (κ3) is 2.68. The van der Waals surface area contributed by atoms with E-state index in [9.17, 15) is 0 Å². The number of hydrogen-bond donors (Lipinski definition) is 0. The minimum absolute atomic E-state index is 0.874. The number of rotatable bonds is 3. The van der Waals surface area contributed by atoms with E-state index in [4.69, 9.17) is 7.85 Å². The highest BCUT2D eigenvalue weighted by molar-refractivity contribution is 6.46. The molecule has 0 N–H and O–H groups in total. The first kappa shape index (κ1) is 11.7. The van der Waals surface area contributed by atoms with E-state index in [1.807, 2.05) is 48.5 Å². The topological polar surface area (TPSA) is 0 Å². The molecule has 0 unspecified atom stereocenters. The van der Waals surface area contributed by atoms with Crippen molar-refractivity contribution in [2.45, 2.75) is 13.3 Å². The average molecular weight is 218 g/mol. The van der Waals surface area contributed by atoms with Crippen molar-refractivity contribution in [3.05, 3.63) is 71.8 Å². The predicted molar refractivity (Wildman–Crippen MR) is 75.7 cm³/mol. The van der Waals surface area contributed by atoms with E-state index in [1.54, 1.807) is 0 Å². The molecule has 0 aliphatic carbocycles. The van der Waals surface area contributed by atoms with E-state index in [0.717, 1.165) is 17.5 Å². The van der Waals surface area contributed by atoms with Crippen molar-refractivity contribution < 1.29 is 0 Å². The summed E-state index contributed by atoms with van der Waals surface area (Å²) in [6, 6.07) is 20.5. The van der Waals surface area contributed by atoms with Gasteiger partial charge in [-0.3, -0.25) is 0 Å². The van der Waals surface area contributed by atoms with Crippen molar-refractivity contribution in [1.29, 1.82) is 0 Å². The SMILES string of the molecule is [B]/C(=C(/CC)c1ccccc1)c1ccccc1. The second-order valence-electron chi connectivity index (χ2n) is 3.98. The average Bonchev–Trinajstić information content (AvgIpc) is 2.42. The molecule has 17 heavy (non-hydrogen) atoms. The molecule has 0 aliphatic heterocycles. The van der Waals surface area contributed by atoms with Crippen LogP contribution in [-0.4, -0.2) is 7.85 Å². The predicted octanol–water partition coefficient (Wildman–Crippen LogP) is 4.13. The van der Waals surface area contributed by atoms with Gasteiger partial charge >= 0.3 is 0 Å².